The van der Waals surface area contributed by atoms with E-state index in [0.717, 1.165) is 0 Å². The zero-order valence-electron chi connectivity index (χ0n) is 43.9. The topological polar surface area (TPSA) is 471 Å². The van der Waals surface area contributed by atoms with E-state index in [1.54, 1.807) is 0 Å². The second-order valence-electron chi connectivity index (χ2n) is 15.2. The van der Waals surface area contributed by atoms with Crippen molar-refractivity contribution >= 4 is 5.97 Å². The quantitative estimate of drug-likeness (QED) is 0.0104. The number of nitriles is 1. The summed E-state index contributed by atoms with van der Waals surface area (Å²) < 4.78 is 92.1. The summed E-state index contributed by atoms with van der Waals surface area (Å²) in [6, 6.07) is 0. The molecule has 0 aromatic rings. The number of azide groups is 3. The van der Waals surface area contributed by atoms with E-state index < -0.39 is 67.4 Å². The van der Waals surface area contributed by atoms with Crippen LogP contribution < -0.4 is 5.73 Å². The number of nitrogens with zero attached hydrogens (tertiary/aromatic N) is 10. The Kier molecular flexibility index (Phi) is 50.9. The number of esters is 1. The summed E-state index contributed by atoms with van der Waals surface area (Å²) >= 11 is 0. The van der Waals surface area contributed by atoms with Gasteiger partial charge in [0.15, 0.2) is 12.6 Å². The lowest BCUT2D eigenvalue weighted by atomic mass is 9.96. The van der Waals surface area contributed by atoms with Crippen LogP contribution in [-0.2, 0) is 85.3 Å². The van der Waals surface area contributed by atoms with Gasteiger partial charge in [0, 0.05) is 68.2 Å². The largest absolute Gasteiger partial charge is 0.463 e. The molecule has 2 heterocycles. The Morgan fingerprint density at radius 2 is 1.00 bits per heavy atom. The van der Waals surface area contributed by atoms with Gasteiger partial charge in [-0.3, -0.25) is 4.79 Å². The third kappa shape index (κ3) is 37.4. The molecule has 0 aromatic heterocycles. The molecule has 0 radical (unpaired) electrons. The molecule has 0 spiro atoms. The van der Waals surface area contributed by atoms with Crippen molar-refractivity contribution in [1.82, 2.24) is 0 Å². The molecule has 0 amide bonds. The molecule has 77 heavy (non-hydrogen) atoms. The van der Waals surface area contributed by atoms with E-state index in [1.165, 1.54) is 20.5 Å². The SMILES string of the molecule is CO[C@H]1OC(COCCOC(=O)CCCOCCOCCN=[N+]=[N-])[C@H](O[C@H]2OC(COCCO)[C@@H](OC)[C@H](OCCO)C2O)[C@H](OCCO)C1O.N#COCCOCCOCCN=[N+]=[N-].[N-]=[N+]=NCCOCCOCCN. The average Bonchev–Trinajstić information content (AvgIpc) is 3.43. The molecule has 2 saturated heterocycles. The van der Waals surface area contributed by atoms with Gasteiger partial charge in [0.1, 0.15) is 62.0 Å². The average molecular weight is 1120 g/mol. The summed E-state index contributed by atoms with van der Waals surface area (Å²) in [5.74, 6) is -0.448. The molecule has 4 unspecified atom stereocenters. The summed E-state index contributed by atoms with van der Waals surface area (Å²) in [6.45, 7) is 5.11. The standard InChI is InChI=1S/C30H55N3O18.C7H12N4O3.C6H14N4O2/c1-40-25-20(18-44-11-6-34)50-30(24(39)27(25)47-12-7-35)51-26-21(49-29(41-2)23(38)28(26)48-13-8-36)19-45-16-17-46-22(37)4-3-9-42-14-15-43-10-5-32-33-31;8-7-14-6-5-13-4-3-12-2-1-10-11-9;7-1-3-11-5-6-12-4-2-9-10-8/h20-21,23-30,34-36,38-39H,3-19H2,1-2H3;1-6H2;1-7H2/t20?,21?,23?,24?,25-,26+,27-,28-,29+,30-;;/m1../s1. The summed E-state index contributed by atoms with van der Waals surface area (Å²) in [5.41, 5.74) is 29.2. The maximum atomic E-state index is 12.1. The molecule has 2 aliphatic rings. The molecule has 2 fully saturated rings. The maximum Gasteiger partial charge on any atom is 0.305 e. The first-order valence-corrected chi connectivity index (χ1v) is 24.6. The number of methoxy groups -OCH3 is 2. The van der Waals surface area contributed by atoms with Crippen LogP contribution in [0.4, 0.5) is 0 Å². The smallest absolute Gasteiger partial charge is 0.305 e. The van der Waals surface area contributed by atoms with Gasteiger partial charge in [0.25, 0.3) is 6.26 Å². The van der Waals surface area contributed by atoms with E-state index in [0.29, 0.717) is 105 Å². The van der Waals surface area contributed by atoms with Gasteiger partial charge in [-0.2, -0.15) is 5.26 Å². The van der Waals surface area contributed by atoms with Crippen molar-refractivity contribution in [3.63, 3.8) is 0 Å². The summed E-state index contributed by atoms with van der Waals surface area (Å²) in [7, 11) is 2.71. The van der Waals surface area contributed by atoms with Gasteiger partial charge >= 0.3 is 5.97 Å². The zero-order valence-corrected chi connectivity index (χ0v) is 43.9. The molecule has 2 aliphatic heterocycles. The summed E-state index contributed by atoms with van der Waals surface area (Å²) in [4.78, 5) is 19.9. The van der Waals surface area contributed by atoms with Crippen LogP contribution in [0.1, 0.15) is 12.8 Å². The highest BCUT2D eigenvalue weighted by molar-refractivity contribution is 5.69. The van der Waals surface area contributed by atoms with Crippen molar-refractivity contribution in [2.45, 2.75) is 74.3 Å². The van der Waals surface area contributed by atoms with E-state index >= 15 is 0 Å². The van der Waals surface area contributed by atoms with Gasteiger partial charge in [-0.15, -0.1) is 0 Å². The van der Waals surface area contributed by atoms with Crippen molar-refractivity contribution in [3.05, 3.63) is 31.3 Å². The maximum absolute atomic E-state index is 12.1. The number of hydrogen-bond acceptors (Lipinski definition) is 28. The van der Waals surface area contributed by atoms with E-state index in [1.807, 2.05) is 0 Å². The van der Waals surface area contributed by atoms with Crippen LogP contribution in [-0.4, -0.2) is 285 Å². The highest BCUT2D eigenvalue weighted by Gasteiger charge is 2.52. The predicted octanol–water partition coefficient (Wildman–Crippen LogP) is -1.23. The van der Waals surface area contributed by atoms with Crippen LogP contribution in [0.5, 0.6) is 0 Å². The molecule has 0 aliphatic carbocycles. The van der Waals surface area contributed by atoms with Crippen molar-refractivity contribution in [2.75, 3.05) is 192 Å². The van der Waals surface area contributed by atoms with E-state index in [-0.39, 0.29) is 85.6 Å². The minimum absolute atomic E-state index is 0.00672. The fraction of sp³-hybridized carbons (Fsp3) is 0.953. The Balaban J connectivity index is 0.00000181. The minimum atomic E-state index is -1.47. The van der Waals surface area contributed by atoms with Crippen LogP contribution in [0.25, 0.3) is 31.3 Å². The van der Waals surface area contributed by atoms with Gasteiger partial charge in [-0.05, 0) is 23.0 Å². The fourth-order valence-electron chi connectivity index (χ4n) is 6.44. The molecule has 7 N–H and O–H groups in total. The number of rotatable bonds is 46. The Morgan fingerprint density at radius 1 is 0.558 bits per heavy atom. The second-order valence-corrected chi connectivity index (χ2v) is 15.2. The van der Waals surface area contributed by atoms with E-state index in [9.17, 15) is 25.2 Å². The molecule has 446 valence electrons. The summed E-state index contributed by atoms with van der Waals surface area (Å²) in [5, 5.41) is 68.3. The number of nitrogens with two attached hydrogens (primary N) is 1. The number of carbonyl (C=O) groups excluding carboxylic acids is 1. The van der Waals surface area contributed by atoms with Crippen LogP contribution in [0, 0.1) is 11.5 Å². The lowest BCUT2D eigenvalue weighted by Crippen LogP contribution is -2.66. The number of aliphatic hydroxyl groups excluding tert-OH is 5. The first-order chi connectivity index (χ1) is 37.7. The Morgan fingerprint density at radius 3 is 1.49 bits per heavy atom. The van der Waals surface area contributed by atoms with Crippen LogP contribution in [0.3, 0.4) is 0 Å². The first-order valence-electron chi connectivity index (χ1n) is 24.6. The predicted molar refractivity (Wildman–Crippen MR) is 262 cm³/mol. The van der Waals surface area contributed by atoms with Crippen LogP contribution in [0.15, 0.2) is 15.3 Å². The number of hydrogen-bond donors (Lipinski definition) is 6. The molecule has 34 heteroatoms. The molecule has 34 nitrogen and oxygen atoms in total. The number of carbonyl (C=O) groups is 1. The third-order valence-corrected chi connectivity index (χ3v) is 9.76. The summed E-state index contributed by atoms with van der Waals surface area (Å²) in [6.07, 6.45) is -9.47. The van der Waals surface area contributed by atoms with Crippen molar-refractivity contribution in [1.29, 1.82) is 5.26 Å². The molecular weight excluding hydrogens is 1040 g/mol. The van der Waals surface area contributed by atoms with Crippen molar-refractivity contribution < 1.29 is 111 Å². The Labute approximate surface area is 446 Å². The molecule has 0 saturated carbocycles. The minimum Gasteiger partial charge on any atom is -0.463 e. The van der Waals surface area contributed by atoms with E-state index in [4.69, 9.17) is 108 Å². The van der Waals surface area contributed by atoms with Crippen molar-refractivity contribution in [3.8, 4) is 6.26 Å². The lowest BCUT2D eigenvalue weighted by Gasteiger charge is -2.48. The van der Waals surface area contributed by atoms with Crippen LogP contribution >= 0.6 is 0 Å². The number of ether oxygens (including phenoxy) is 17. The molecular formula is C43H81N11O23. The monoisotopic (exact) mass is 1120 g/mol. The second kappa shape index (κ2) is 53.8. The van der Waals surface area contributed by atoms with Gasteiger partial charge < -0.3 is 112 Å². The van der Waals surface area contributed by atoms with Gasteiger partial charge in [0.05, 0.1) is 132 Å². The highest BCUT2D eigenvalue weighted by Crippen LogP contribution is 2.33. The normalized spacial score (nSPS) is 22.6. The van der Waals surface area contributed by atoms with Gasteiger partial charge in [-0.1, -0.05) is 15.3 Å². The zero-order chi connectivity index (χ0) is 56.8. The van der Waals surface area contributed by atoms with Crippen molar-refractivity contribution in [2.24, 2.45) is 21.1 Å². The Bertz CT molecular complexity index is 1590. The lowest BCUT2D eigenvalue weighted by molar-refractivity contribution is -0.365. The Hall–Kier alpha value is -4.15. The van der Waals surface area contributed by atoms with Gasteiger partial charge in [0.2, 0.25) is 0 Å². The fourth-order valence-corrected chi connectivity index (χ4v) is 6.44. The molecule has 10 atom stereocenters. The highest BCUT2D eigenvalue weighted by atomic mass is 16.8. The molecule has 0 aromatic carbocycles. The van der Waals surface area contributed by atoms with E-state index in [2.05, 4.69) is 34.8 Å². The number of aliphatic hydroxyl groups is 5. The molecule has 2 rings (SSSR count). The third-order valence-electron chi connectivity index (χ3n) is 9.76. The molecule has 0 bridgehead atoms. The van der Waals surface area contributed by atoms with Gasteiger partial charge in [-0.25, -0.2) is 0 Å². The van der Waals surface area contributed by atoms with Crippen LogP contribution in [0.2, 0.25) is 0 Å². The first kappa shape index (κ1) is 72.8.